The second-order valence-corrected chi connectivity index (χ2v) is 2.56. The summed E-state index contributed by atoms with van der Waals surface area (Å²) in [6.07, 6.45) is 5.93. The smallest absolute Gasteiger partial charge is 0.162 e. The van der Waals surface area contributed by atoms with Gasteiger partial charge in [-0.1, -0.05) is 5.92 Å². The highest BCUT2D eigenvalue weighted by atomic mass is 16.5. The van der Waals surface area contributed by atoms with Crippen LogP contribution >= 0.6 is 0 Å². The van der Waals surface area contributed by atoms with Crippen molar-refractivity contribution in [1.29, 1.82) is 0 Å². The Morgan fingerprint density at radius 3 is 2.29 bits per heavy atom. The van der Waals surface area contributed by atoms with Crippen molar-refractivity contribution in [2.45, 2.75) is 0 Å². The van der Waals surface area contributed by atoms with Crippen molar-refractivity contribution in [3.8, 4) is 23.8 Å². The van der Waals surface area contributed by atoms with Crippen LogP contribution in [0.15, 0.2) is 12.1 Å². The molecule has 0 saturated carbocycles. The van der Waals surface area contributed by atoms with Gasteiger partial charge in [0.25, 0.3) is 0 Å². The molecule has 0 spiro atoms. The normalized spacial score (nSPS) is 8.93. The monoisotopic (exact) mass is 190 g/mol. The number of hydrogen-bond acceptors (Lipinski definition) is 3. The lowest BCUT2D eigenvalue weighted by molar-refractivity contribution is 0.112. The van der Waals surface area contributed by atoms with Crippen molar-refractivity contribution in [2.75, 3.05) is 14.2 Å². The van der Waals surface area contributed by atoms with Gasteiger partial charge in [0.2, 0.25) is 0 Å². The number of methoxy groups -OCH3 is 2. The Labute approximate surface area is 82.6 Å². The molecule has 0 heterocycles. The average Bonchev–Trinajstić information content (AvgIpc) is 2.26. The van der Waals surface area contributed by atoms with Gasteiger partial charge in [-0.15, -0.1) is 6.42 Å². The van der Waals surface area contributed by atoms with E-state index in [1.54, 1.807) is 12.1 Å². The maximum Gasteiger partial charge on any atom is 0.162 e. The summed E-state index contributed by atoms with van der Waals surface area (Å²) < 4.78 is 10.1. The summed E-state index contributed by atoms with van der Waals surface area (Å²) in [5.41, 5.74) is 0.919. The Bertz CT molecular complexity index is 388. The summed E-state index contributed by atoms with van der Waals surface area (Å²) >= 11 is 0. The summed E-state index contributed by atoms with van der Waals surface area (Å²) in [4.78, 5) is 10.7. The van der Waals surface area contributed by atoms with Crippen molar-refractivity contribution in [3.05, 3.63) is 23.3 Å². The first-order valence-electron chi connectivity index (χ1n) is 3.94. The van der Waals surface area contributed by atoms with Gasteiger partial charge >= 0.3 is 0 Å². The van der Waals surface area contributed by atoms with Crippen LogP contribution in [0.1, 0.15) is 15.9 Å². The first kappa shape index (κ1) is 10.1. The Kier molecular flexibility index (Phi) is 3.14. The first-order valence-corrected chi connectivity index (χ1v) is 3.94. The van der Waals surface area contributed by atoms with E-state index in [0.717, 1.165) is 0 Å². The number of hydrogen-bond donors (Lipinski definition) is 0. The molecule has 1 aromatic carbocycles. The molecule has 1 aromatic rings. The highest BCUT2D eigenvalue weighted by molar-refractivity contribution is 5.81. The van der Waals surface area contributed by atoms with Gasteiger partial charge in [-0.05, 0) is 6.07 Å². The predicted molar refractivity (Wildman–Crippen MR) is 52.9 cm³/mol. The minimum atomic E-state index is 0.421. The molecule has 0 fully saturated rings. The van der Waals surface area contributed by atoms with Gasteiger partial charge < -0.3 is 9.47 Å². The third-order valence-electron chi connectivity index (χ3n) is 1.84. The first-order chi connectivity index (χ1) is 6.76. The van der Waals surface area contributed by atoms with E-state index >= 15 is 0 Å². The van der Waals surface area contributed by atoms with E-state index in [9.17, 15) is 4.79 Å². The zero-order valence-electron chi connectivity index (χ0n) is 8.03. The molecule has 0 aliphatic carbocycles. The summed E-state index contributed by atoms with van der Waals surface area (Å²) in [7, 11) is 3.01. The standard InChI is InChI=1S/C11H10O3/c1-4-8-5-10(13-2)11(14-3)6-9(8)7-12/h1,5-7H,2-3H3. The molecule has 0 bridgehead atoms. The van der Waals surface area contributed by atoms with Crippen LogP contribution in [0.3, 0.4) is 0 Å². The molecule has 0 saturated heterocycles. The lowest BCUT2D eigenvalue weighted by Crippen LogP contribution is -1.95. The van der Waals surface area contributed by atoms with Crippen molar-refractivity contribution in [3.63, 3.8) is 0 Å². The van der Waals surface area contributed by atoms with Crippen LogP contribution in [-0.4, -0.2) is 20.5 Å². The molecule has 0 N–H and O–H groups in total. The summed E-state index contributed by atoms with van der Waals surface area (Å²) in [6, 6.07) is 3.16. The minimum absolute atomic E-state index is 0.421. The molecule has 0 unspecified atom stereocenters. The zero-order valence-corrected chi connectivity index (χ0v) is 8.03. The van der Waals surface area contributed by atoms with E-state index in [0.29, 0.717) is 28.9 Å². The number of carbonyl (C=O) groups excluding carboxylic acids is 1. The average molecular weight is 190 g/mol. The molecule has 0 radical (unpaired) electrons. The molecule has 3 heteroatoms. The fraction of sp³-hybridized carbons (Fsp3) is 0.182. The van der Waals surface area contributed by atoms with E-state index in [1.807, 2.05) is 0 Å². The third kappa shape index (κ3) is 1.69. The van der Waals surface area contributed by atoms with Crippen LogP contribution in [0.25, 0.3) is 0 Å². The minimum Gasteiger partial charge on any atom is -0.493 e. The van der Waals surface area contributed by atoms with Crippen molar-refractivity contribution < 1.29 is 14.3 Å². The van der Waals surface area contributed by atoms with Crippen molar-refractivity contribution in [2.24, 2.45) is 0 Å². The Hall–Kier alpha value is -1.95. The van der Waals surface area contributed by atoms with Gasteiger partial charge in [0, 0.05) is 17.2 Å². The molecule has 0 aliphatic rings. The topological polar surface area (TPSA) is 35.5 Å². The number of rotatable bonds is 3. The zero-order chi connectivity index (χ0) is 10.6. The second-order valence-electron chi connectivity index (χ2n) is 2.56. The number of terminal acetylenes is 1. The molecule has 72 valence electrons. The SMILES string of the molecule is C#Cc1cc(OC)c(OC)cc1C=O. The molecule has 14 heavy (non-hydrogen) atoms. The molecule has 0 atom stereocenters. The maximum absolute atomic E-state index is 10.7. The number of aldehydes is 1. The van der Waals surface area contributed by atoms with E-state index in [1.165, 1.54) is 14.2 Å². The lowest BCUT2D eigenvalue weighted by Gasteiger charge is -2.08. The van der Waals surface area contributed by atoms with Crippen molar-refractivity contribution in [1.82, 2.24) is 0 Å². The van der Waals surface area contributed by atoms with Gasteiger partial charge in [-0.3, -0.25) is 4.79 Å². The lowest BCUT2D eigenvalue weighted by atomic mass is 10.1. The Morgan fingerprint density at radius 1 is 1.29 bits per heavy atom. The number of carbonyl (C=O) groups is 1. The van der Waals surface area contributed by atoms with Gasteiger partial charge in [0.15, 0.2) is 17.8 Å². The summed E-state index contributed by atoms with van der Waals surface area (Å²) in [5, 5.41) is 0. The molecule has 1 rings (SSSR count). The van der Waals surface area contributed by atoms with Gasteiger partial charge in [-0.2, -0.15) is 0 Å². The molecule has 0 aliphatic heterocycles. The molecular weight excluding hydrogens is 180 g/mol. The highest BCUT2D eigenvalue weighted by Gasteiger charge is 2.08. The van der Waals surface area contributed by atoms with E-state index < -0.39 is 0 Å². The number of ether oxygens (including phenoxy) is 2. The fourth-order valence-corrected chi connectivity index (χ4v) is 1.12. The van der Waals surface area contributed by atoms with E-state index in [4.69, 9.17) is 15.9 Å². The van der Waals surface area contributed by atoms with Crippen LogP contribution in [0.4, 0.5) is 0 Å². The van der Waals surface area contributed by atoms with Crippen molar-refractivity contribution >= 4 is 6.29 Å². The summed E-state index contributed by atoms with van der Waals surface area (Å²) in [5.74, 6) is 3.42. The second kappa shape index (κ2) is 4.33. The Morgan fingerprint density at radius 2 is 1.86 bits per heavy atom. The molecule has 0 amide bonds. The van der Waals surface area contributed by atoms with Gasteiger partial charge in [-0.25, -0.2) is 0 Å². The van der Waals surface area contributed by atoms with Crippen LogP contribution in [0.5, 0.6) is 11.5 Å². The van der Waals surface area contributed by atoms with Crippen LogP contribution < -0.4 is 9.47 Å². The van der Waals surface area contributed by atoms with Gasteiger partial charge in [0.1, 0.15) is 0 Å². The Balaban J connectivity index is 3.37. The van der Waals surface area contributed by atoms with E-state index in [2.05, 4.69) is 5.92 Å². The van der Waals surface area contributed by atoms with Crippen LogP contribution in [0.2, 0.25) is 0 Å². The van der Waals surface area contributed by atoms with Crippen LogP contribution in [-0.2, 0) is 0 Å². The van der Waals surface area contributed by atoms with Crippen LogP contribution in [0, 0.1) is 12.3 Å². The summed E-state index contributed by atoms with van der Waals surface area (Å²) in [6.45, 7) is 0. The fourth-order valence-electron chi connectivity index (χ4n) is 1.12. The molecular formula is C11H10O3. The predicted octanol–water partition coefficient (Wildman–Crippen LogP) is 1.50. The van der Waals surface area contributed by atoms with Gasteiger partial charge in [0.05, 0.1) is 14.2 Å². The molecule has 3 nitrogen and oxygen atoms in total. The third-order valence-corrected chi connectivity index (χ3v) is 1.84. The maximum atomic E-state index is 10.7. The molecule has 0 aromatic heterocycles. The van der Waals surface area contributed by atoms with E-state index in [-0.39, 0.29) is 0 Å². The largest absolute Gasteiger partial charge is 0.493 e. The number of benzene rings is 1. The highest BCUT2D eigenvalue weighted by Crippen LogP contribution is 2.29. The quantitative estimate of drug-likeness (QED) is 0.535.